The highest BCUT2D eigenvalue weighted by molar-refractivity contribution is 5.79. The molecule has 3 nitrogen and oxygen atoms in total. The van der Waals surface area contributed by atoms with Gasteiger partial charge in [0.25, 0.3) is 0 Å². The van der Waals surface area contributed by atoms with E-state index in [4.69, 9.17) is 0 Å². The first kappa shape index (κ1) is 13.6. The molecule has 0 fully saturated rings. The second-order valence-corrected chi connectivity index (χ2v) is 4.29. The lowest BCUT2D eigenvalue weighted by atomic mass is 10.0. The fraction of sp³-hybridized carbons (Fsp3) is 0.500. The molecule has 0 amide bonds. The molecule has 94 valence electrons. The van der Waals surface area contributed by atoms with Crippen LogP contribution in [0.25, 0.3) is 0 Å². The number of nitrogens with zero attached hydrogens (tertiary/aromatic N) is 1. The number of benzene rings is 1. The number of carboxylic acids is 1. The van der Waals surface area contributed by atoms with E-state index < -0.39 is 12.0 Å². The Morgan fingerprint density at radius 2 is 1.82 bits per heavy atom. The van der Waals surface area contributed by atoms with Crippen molar-refractivity contribution in [1.82, 2.24) is 0 Å². The zero-order chi connectivity index (χ0) is 13.0. The van der Waals surface area contributed by atoms with Crippen molar-refractivity contribution in [3.8, 4) is 0 Å². The van der Waals surface area contributed by atoms with Crippen LogP contribution in [0.1, 0.15) is 31.4 Å². The van der Waals surface area contributed by atoms with Crippen LogP contribution < -0.4 is 4.90 Å². The predicted molar refractivity (Wildman–Crippen MR) is 70.7 cm³/mol. The second kappa shape index (κ2) is 5.71. The van der Waals surface area contributed by atoms with E-state index in [0.717, 1.165) is 16.8 Å². The third kappa shape index (κ3) is 2.78. The molecule has 0 radical (unpaired) electrons. The summed E-state index contributed by atoms with van der Waals surface area (Å²) in [6.07, 6.45) is 0.608. The van der Waals surface area contributed by atoms with Crippen molar-refractivity contribution in [3.63, 3.8) is 0 Å². The largest absolute Gasteiger partial charge is 0.480 e. The summed E-state index contributed by atoms with van der Waals surface area (Å²) in [5, 5.41) is 9.28. The Morgan fingerprint density at radius 3 is 2.18 bits per heavy atom. The monoisotopic (exact) mass is 235 g/mol. The van der Waals surface area contributed by atoms with Gasteiger partial charge in [0.05, 0.1) is 0 Å². The van der Waals surface area contributed by atoms with E-state index in [1.54, 1.807) is 0 Å². The number of carbonyl (C=O) groups is 1. The van der Waals surface area contributed by atoms with Crippen molar-refractivity contribution < 1.29 is 9.90 Å². The van der Waals surface area contributed by atoms with Crippen LogP contribution in [-0.4, -0.2) is 23.7 Å². The molecular formula is C14H21NO2. The standard InChI is InChI=1S/C14H21NO2/c1-5-12(14(16)17)15(6-2)13-10(3)8-7-9-11(13)4/h7-9,12H,5-6H2,1-4H3,(H,16,17)/t12-/m0/s1. The maximum absolute atomic E-state index is 11.3. The zero-order valence-corrected chi connectivity index (χ0v) is 11.0. The summed E-state index contributed by atoms with van der Waals surface area (Å²) in [7, 11) is 0. The number of aliphatic carboxylic acids is 1. The van der Waals surface area contributed by atoms with Crippen molar-refractivity contribution in [1.29, 1.82) is 0 Å². The molecule has 0 saturated heterocycles. The third-order valence-corrected chi connectivity index (χ3v) is 3.12. The van der Waals surface area contributed by atoms with E-state index in [1.165, 1.54) is 0 Å². The molecule has 0 aliphatic rings. The van der Waals surface area contributed by atoms with Crippen LogP contribution in [-0.2, 0) is 4.79 Å². The number of hydrogen-bond acceptors (Lipinski definition) is 2. The van der Waals surface area contributed by atoms with Gasteiger partial charge < -0.3 is 10.0 Å². The van der Waals surface area contributed by atoms with Crippen molar-refractivity contribution in [3.05, 3.63) is 29.3 Å². The van der Waals surface area contributed by atoms with Crippen molar-refractivity contribution in [2.45, 2.75) is 40.2 Å². The number of rotatable bonds is 5. The first-order valence-electron chi connectivity index (χ1n) is 6.08. The molecule has 1 aromatic carbocycles. The minimum atomic E-state index is -0.753. The molecule has 0 bridgehead atoms. The van der Waals surface area contributed by atoms with Gasteiger partial charge >= 0.3 is 5.97 Å². The summed E-state index contributed by atoms with van der Waals surface area (Å²) in [5.41, 5.74) is 3.32. The number of carboxylic acid groups (broad SMARTS) is 1. The van der Waals surface area contributed by atoms with E-state index in [-0.39, 0.29) is 0 Å². The molecule has 0 aliphatic carbocycles. The SMILES string of the molecule is CC[C@@H](C(=O)O)N(CC)c1c(C)cccc1C. The molecule has 1 aromatic rings. The van der Waals surface area contributed by atoms with Gasteiger partial charge in [0.1, 0.15) is 6.04 Å². The van der Waals surface area contributed by atoms with Gasteiger partial charge in [-0.25, -0.2) is 4.79 Å². The van der Waals surface area contributed by atoms with Gasteiger partial charge in [-0.1, -0.05) is 25.1 Å². The normalized spacial score (nSPS) is 12.2. The van der Waals surface area contributed by atoms with Crippen LogP contribution in [0.15, 0.2) is 18.2 Å². The molecule has 17 heavy (non-hydrogen) atoms. The Labute approximate surface area is 103 Å². The molecule has 0 unspecified atom stereocenters. The van der Waals surface area contributed by atoms with Gasteiger partial charge in [-0.2, -0.15) is 0 Å². The summed E-state index contributed by atoms with van der Waals surface area (Å²) in [5.74, 6) is -0.753. The minimum Gasteiger partial charge on any atom is -0.480 e. The Hall–Kier alpha value is -1.51. The van der Waals surface area contributed by atoms with E-state index >= 15 is 0 Å². The van der Waals surface area contributed by atoms with Crippen molar-refractivity contribution in [2.24, 2.45) is 0 Å². The first-order chi connectivity index (χ1) is 8.02. The van der Waals surface area contributed by atoms with Crippen LogP contribution in [0.5, 0.6) is 0 Å². The van der Waals surface area contributed by atoms with Gasteiger partial charge in [0.2, 0.25) is 0 Å². The Morgan fingerprint density at radius 1 is 1.29 bits per heavy atom. The average molecular weight is 235 g/mol. The number of aryl methyl sites for hydroxylation is 2. The first-order valence-corrected chi connectivity index (χ1v) is 6.08. The quantitative estimate of drug-likeness (QED) is 0.853. The fourth-order valence-corrected chi connectivity index (χ4v) is 2.32. The van der Waals surface area contributed by atoms with Crippen molar-refractivity contribution >= 4 is 11.7 Å². The van der Waals surface area contributed by atoms with Crippen LogP contribution in [0, 0.1) is 13.8 Å². The molecule has 3 heteroatoms. The highest BCUT2D eigenvalue weighted by Crippen LogP contribution is 2.27. The molecular weight excluding hydrogens is 214 g/mol. The maximum atomic E-state index is 11.3. The zero-order valence-electron chi connectivity index (χ0n) is 11.0. The summed E-state index contributed by atoms with van der Waals surface area (Å²) >= 11 is 0. The predicted octanol–water partition coefficient (Wildman–Crippen LogP) is 2.99. The highest BCUT2D eigenvalue weighted by Gasteiger charge is 2.24. The number of hydrogen-bond donors (Lipinski definition) is 1. The lowest BCUT2D eigenvalue weighted by Crippen LogP contribution is -2.41. The summed E-state index contributed by atoms with van der Waals surface area (Å²) in [4.78, 5) is 13.3. The van der Waals surface area contributed by atoms with Crippen molar-refractivity contribution in [2.75, 3.05) is 11.4 Å². The second-order valence-electron chi connectivity index (χ2n) is 4.29. The maximum Gasteiger partial charge on any atom is 0.326 e. The van der Waals surface area contributed by atoms with Crippen LogP contribution in [0.3, 0.4) is 0 Å². The minimum absolute atomic E-state index is 0.445. The van der Waals surface area contributed by atoms with E-state index in [2.05, 4.69) is 0 Å². The number of likely N-dealkylation sites (N-methyl/N-ethyl adjacent to an activating group) is 1. The van der Waals surface area contributed by atoms with E-state index in [1.807, 2.05) is 50.8 Å². The van der Waals surface area contributed by atoms with Gasteiger partial charge in [0.15, 0.2) is 0 Å². The van der Waals surface area contributed by atoms with E-state index in [0.29, 0.717) is 13.0 Å². The highest BCUT2D eigenvalue weighted by atomic mass is 16.4. The van der Waals surface area contributed by atoms with Crippen LogP contribution >= 0.6 is 0 Å². The number of para-hydroxylation sites is 1. The number of anilines is 1. The lowest BCUT2D eigenvalue weighted by molar-refractivity contribution is -0.138. The summed E-state index contributed by atoms with van der Waals surface area (Å²) in [6.45, 7) is 8.67. The molecule has 0 aliphatic heterocycles. The molecule has 0 spiro atoms. The topological polar surface area (TPSA) is 40.5 Å². The van der Waals surface area contributed by atoms with Gasteiger partial charge in [-0.15, -0.1) is 0 Å². The molecule has 1 rings (SSSR count). The van der Waals surface area contributed by atoms with Crippen LogP contribution in [0.2, 0.25) is 0 Å². The molecule has 1 atom stereocenters. The average Bonchev–Trinajstić information content (AvgIpc) is 2.27. The summed E-state index contributed by atoms with van der Waals surface area (Å²) < 4.78 is 0. The van der Waals surface area contributed by atoms with Gasteiger partial charge in [-0.3, -0.25) is 0 Å². The molecule has 0 aromatic heterocycles. The lowest BCUT2D eigenvalue weighted by Gasteiger charge is -2.31. The third-order valence-electron chi connectivity index (χ3n) is 3.12. The molecule has 0 heterocycles. The van der Waals surface area contributed by atoms with E-state index in [9.17, 15) is 9.90 Å². The fourth-order valence-electron chi connectivity index (χ4n) is 2.32. The Balaban J connectivity index is 3.21. The van der Waals surface area contributed by atoms with Gasteiger partial charge in [0, 0.05) is 12.2 Å². The van der Waals surface area contributed by atoms with Crippen LogP contribution in [0.4, 0.5) is 5.69 Å². The smallest absolute Gasteiger partial charge is 0.326 e. The molecule has 1 N–H and O–H groups in total. The van der Waals surface area contributed by atoms with Gasteiger partial charge in [-0.05, 0) is 38.3 Å². The molecule has 0 saturated carbocycles. The summed E-state index contributed by atoms with van der Waals surface area (Å²) in [6, 6.07) is 5.61. The Kier molecular flexibility index (Phi) is 4.55. The Bertz CT molecular complexity index is 381.